The summed E-state index contributed by atoms with van der Waals surface area (Å²) in [7, 11) is 0. The van der Waals surface area contributed by atoms with Crippen LogP contribution in [0, 0.1) is 40.9 Å². The fourth-order valence-corrected chi connectivity index (χ4v) is 4.29. The molecule has 0 aromatic heterocycles. The van der Waals surface area contributed by atoms with Crippen LogP contribution in [-0.4, -0.2) is 0 Å². The Bertz CT molecular complexity index is 327. The Morgan fingerprint density at radius 2 is 1.23 bits per heavy atom. The topological polar surface area (TPSA) is 0 Å². The first-order valence-electron chi connectivity index (χ1n) is 12.0. The molecule has 5 unspecified atom stereocenters. The summed E-state index contributed by atoms with van der Waals surface area (Å²) in [6.07, 6.45) is 12.6. The van der Waals surface area contributed by atoms with E-state index in [2.05, 4.69) is 69.2 Å². The van der Waals surface area contributed by atoms with E-state index in [1.54, 1.807) is 0 Å². The monoisotopic (exact) mass is 366 g/mol. The molecule has 5 atom stereocenters. The molecule has 0 rings (SSSR count). The standard InChI is InChI=1S/C26H54/c1-11-21(4)18-23(6)19-25(8)26(9,10)17-13-15-22(5)14-12-16-24(7)20(2)3/h20-25H,11-19H2,1-10H3. The van der Waals surface area contributed by atoms with Gasteiger partial charge < -0.3 is 0 Å². The molecule has 0 heteroatoms. The Labute approximate surface area is 168 Å². The Hall–Kier alpha value is 0. The molecule has 0 amide bonds. The molecule has 158 valence electrons. The van der Waals surface area contributed by atoms with Crippen molar-refractivity contribution in [2.24, 2.45) is 40.9 Å². The highest BCUT2D eigenvalue weighted by Gasteiger charge is 2.27. The molecule has 26 heavy (non-hydrogen) atoms. The molecule has 0 spiro atoms. The lowest BCUT2D eigenvalue weighted by molar-refractivity contribution is 0.164. The predicted molar refractivity (Wildman–Crippen MR) is 122 cm³/mol. The van der Waals surface area contributed by atoms with E-state index < -0.39 is 0 Å². The summed E-state index contributed by atoms with van der Waals surface area (Å²) < 4.78 is 0. The molecule has 0 saturated carbocycles. The molecule has 0 saturated heterocycles. The van der Waals surface area contributed by atoms with Crippen molar-refractivity contribution >= 4 is 0 Å². The lowest BCUT2D eigenvalue weighted by Crippen LogP contribution is -2.24. The lowest BCUT2D eigenvalue weighted by atomic mass is 9.71. The third kappa shape index (κ3) is 11.7. The molecular weight excluding hydrogens is 312 g/mol. The zero-order valence-corrected chi connectivity index (χ0v) is 20.3. The predicted octanol–water partition coefficient (Wildman–Crippen LogP) is 9.38. The van der Waals surface area contributed by atoms with Gasteiger partial charge in [0.15, 0.2) is 0 Å². The van der Waals surface area contributed by atoms with Gasteiger partial charge in [0.05, 0.1) is 0 Å². The maximum atomic E-state index is 2.52. The van der Waals surface area contributed by atoms with E-state index >= 15 is 0 Å². The van der Waals surface area contributed by atoms with E-state index in [4.69, 9.17) is 0 Å². The van der Waals surface area contributed by atoms with Gasteiger partial charge >= 0.3 is 0 Å². The van der Waals surface area contributed by atoms with Crippen LogP contribution in [0.25, 0.3) is 0 Å². The summed E-state index contributed by atoms with van der Waals surface area (Å²) in [5, 5.41) is 0. The maximum Gasteiger partial charge on any atom is -0.0328 e. The highest BCUT2D eigenvalue weighted by atomic mass is 14.3. The third-order valence-corrected chi connectivity index (χ3v) is 7.60. The molecule has 0 aliphatic carbocycles. The van der Waals surface area contributed by atoms with Gasteiger partial charge in [-0.3, -0.25) is 0 Å². The highest BCUT2D eigenvalue weighted by molar-refractivity contribution is 4.78. The van der Waals surface area contributed by atoms with Crippen LogP contribution < -0.4 is 0 Å². The van der Waals surface area contributed by atoms with Gasteiger partial charge in [-0.15, -0.1) is 0 Å². The summed E-state index contributed by atoms with van der Waals surface area (Å²) in [4.78, 5) is 0. The summed E-state index contributed by atoms with van der Waals surface area (Å²) in [5.41, 5.74) is 0.496. The fraction of sp³-hybridized carbons (Fsp3) is 1.00. The highest BCUT2D eigenvalue weighted by Crippen LogP contribution is 2.38. The lowest BCUT2D eigenvalue weighted by Gasteiger charge is -2.34. The van der Waals surface area contributed by atoms with Gasteiger partial charge in [-0.1, -0.05) is 108 Å². The average Bonchev–Trinajstić information content (AvgIpc) is 2.53. The number of hydrogen-bond donors (Lipinski definition) is 0. The average molecular weight is 367 g/mol. The Kier molecular flexibility index (Phi) is 13.2. The molecule has 0 aliphatic heterocycles. The summed E-state index contributed by atoms with van der Waals surface area (Å²) >= 11 is 0. The number of rotatable bonds is 15. The van der Waals surface area contributed by atoms with Crippen LogP contribution in [0.1, 0.15) is 127 Å². The zero-order chi connectivity index (χ0) is 20.3. The third-order valence-electron chi connectivity index (χ3n) is 7.60. The van der Waals surface area contributed by atoms with Gasteiger partial charge in [0.1, 0.15) is 0 Å². The van der Waals surface area contributed by atoms with Gasteiger partial charge in [-0.25, -0.2) is 0 Å². The second kappa shape index (κ2) is 13.2. The van der Waals surface area contributed by atoms with E-state index in [0.29, 0.717) is 5.41 Å². The largest absolute Gasteiger partial charge is 0.0651 e. The smallest absolute Gasteiger partial charge is 0.0328 e. The van der Waals surface area contributed by atoms with Crippen LogP contribution in [0.15, 0.2) is 0 Å². The molecule has 0 aliphatic rings. The van der Waals surface area contributed by atoms with E-state index in [9.17, 15) is 0 Å². The molecule has 0 fully saturated rings. The molecule has 0 nitrogen and oxygen atoms in total. The van der Waals surface area contributed by atoms with Crippen LogP contribution in [0.2, 0.25) is 0 Å². The summed E-state index contributed by atoms with van der Waals surface area (Å²) in [5.74, 6) is 5.24. The minimum absolute atomic E-state index is 0.496. The second-order valence-electron chi connectivity index (χ2n) is 11.1. The Balaban J connectivity index is 4.06. The van der Waals surface area contributed by atoms with Crippen molar-refractivity contribution in [2.45, 2.75) is 127 Å². The van der Waals surface area contributed by atoms with Crippen LogP contribution in [0.4, 0.5) is 0 Å². The van der Waals surface area contributed by atoms with Crippen LogP contribution in [-0.2, 0) is 0 Å². The van der Waals surface area contributed by atoms with E-state index in [-0.39, 0.29) is 0 Å². The quantitative estimate of drug-likeness (QED) is 0.271. The maximum absolute atomic E-state index is 2.52. The van der Waals surface area contributed by atoms with E-state index in [1.165, 1.54) is 57.8 Å². The molecule has 0 N–H and O–H groups in total. The second-order valence-corrected chi connectivity index (χ2v) is 11.1. The van der Waals surface area contributed by atoms with Crippen molar-refractivity contribution < 1.29 is 0 Å². The molecule has 0 radical (unpaired) electrons. The van der Waals surface area contributed by atoms with Gasteiger partial charge in [0.2, 0.25) is 0 Å². The van der Waals surface area contributed by atoms with Gasteiger partial charge in [0, 0.05) is 0 Å². The van der Waals surface area contributed by atoms with Crippen molar-refractivity contribution in [3.63, 3.8) is 0 Å². The van der Waals surface area contributed by atoms with E-state index in [1.807, 2.05) is 0 Å². The normalized spacial score (nSPS) is 18.6. The van der Waals surface area contributed by atoms with Crippen molar-refractivity contribution in [2.75, 3.05) is 0 Å². The van der Waals surface area contributed by atoms with Crippen LogP contribution in [0.3, 0.4) is 0 Å². The van der Waals surface area contributed by atoms with Crippen molar-refractivity contribution in [3.05, 3.63) is 0 Å². The van der Waals surface area contributed by atoms with Gasteiger partial charge in [-0.2, -0.15) is 0 Å². The van der Waals surface area contributed by atoms with Crippen molar-refractivity contribution in [1.82, 2.24) is 0 Å². The van der Waals surface area contributed by atoms with Gasteiger partial charge in [0.25, 0.3) is 0 Å². The SMILES string of the molecule is CCC(C)CC(C)CC(C)C(C)(C)CCCC(C)CCCC(C)C(C)C. The first-order chi connectivity index (χ1) is 12.0. The van der Waals surface area contributed by atoms with Crippen LogP contribution >= 0.6 is 0 Å². The Morgan fingerprint density at radius 1 is 0.654 bits per heavy atom. The molecular formula is C26H54. The minimum atomic E-state index is 0.496. The first-order valence-corrected chi connectivity index (χ1v) is 12.0. The van der Waals surface area contributed by atoms with Crippen molar-refractivity contribution in [1.29, 1.82) is 0 Å². The molecule has 0 aromatic carbocycles. The molecule has 0 heterocycles. The summed E-state index contributed by atoms with van der Waals surface area (Å²) in [6, 6.07) is 0. The minimum Gasteiger partial charge on any atom is -0.0651 e. The summed E-state index contributed by atoms with van der Waals surface area (Å²) in [6.45, 7) is 24.4. The molecule has 0 bridgehead atoms. The van der Waals surface area contributed by atoms with Crippen molar-refractivity contribution in [3.8, 4) is 0 Å². The van der Waals surface area contributed by atoms with Gasteiger partial charge in [-0.05, 0) is 60.2 Å². The van der Waals surface area contributed by atoms with Crippen LogP contribution in [0.5, 0.6) is 0 Å². The number of hydrogen-bond acceptors (Lipinski definition) is 0. The Morgan fingerprint density at radius 3 is 1.77 bits per heavy atom. The molecule has 0 aromatic rings. The zero-order valence-electron chi connectivity index (χ0n) is 20.3. The first kappa shape index (κ1) is 26.0. The van der Waals surface area contributed by atoms with E-state index in [0.717, 1.165) is 35.5 Å². The fourth-order valence-electron chi connectivity index (χ4n) is 4.29.